The minimum absolute atomic E-state index is 0.0510. The van der Waals surface area contributed by atoms with Gasteiger partial charge in [0.15, 0.2) is 0 Å². The van der Waals surface area contributed by atoms with Crippen molar-refractivity contribution in [3.63, 3.8) is 0 Å². The lowest BCUT2D eigenvalue weighted by Gasteiger charge is -2.36. The molecule has 1 saturated heterocycles. The van der Waals surface area contributed by atoms with Gasteiger partial charge in [-0.1, -0.05) is 6.07 Å². The number of rotatable bonds is 5. The lowest BCUT2D eigenvalue weighted by molar-refractivity contribution is -0.139. The molecule has 0 unspecified atom stereocenters. The third-order valence-electron chi connectivity index (χ3n) is 3.90. The number of hydrogen-bond acceptors (Lipinski definition) is 3. The van der Waals surface area contributed by atoms with Crippen LogP contribution in [0.2, 0.25) is 0 Å². The maximum atomic E-state index is 13.4. The summed E-state index contributed by atoms with van der Waals surface area (Å²) >= 11 is 0. The second-order valence-electron chi connectivity index (χ2n) is 5.23. The standard InChI is InChI=1S/C15H20F4N2O/c1-22-11-2-3-12(13(10-11)15(17,18)19)14(4-5-16)21-8-6-20-7-9-21/h2-3,10,14,20H,4-9H2,1H3/t14-/m0/s1. The van der Waals surface area contributed by atoms with Gasteiger partial charge in [0.05, 0.1) is 19.3 Å². The Morgan fingerprint density at radius 1 is 1.27 bits per heavy atom. The second kappa shape index (κ2) is 7.28. The van der Waals surface area contributed by atoms with Crippen molar-refractivity contribution in [2.24, 2.45) is 0 Å². The third kappa shape index (κ3) is 3.89. The third-order valence-corrected chi connectivity index (χ3v) is 3.90. The highest BCUT2D eigenvalue weighted by atomic mass is 19.4. The van der Waals surface area contributed by atoms with Crippen molar-refractivity contribution in [2.75, 3.05) is 40.0 Å². The number of halogens is 4. The van der Waals surface area contributed by atoms with E-state index in [1.807, 2.05) is 4.90 Å². The SMILES string of the molecule is COc1ccc([C@H](CCF)N2CCNCC2)c(C(F)(F)F)c1. The molecule has 0 bridgehead atoms. The van der Waals surface area contributed by atoms with Crippen LogP contribution in [-0.2, 0) is 6.18 Å². The molecule has 1 N–H and O–H groups in total. The summed E-state index contributed by atoms with van der Waals surface area (Å²) in [6, 6.07) is 3.32. The number of piperazine rings is 1. The van der Waals surface area contributed by atoms with Gasteiger partial charge < -0.3 is 10.1 Å². The second-order valence-corrected chi connectivity index (χ2v) is 5.23. The number of alkyl halides is 4. The van der Waals surface area contributed by atoms with E-state index in [9.17, 15) is 17.6 Å². The molecule has 0 spiro atoms. The van der Waals surface area contributed by atoms with Gasteiger partial charge in [-0.2, -0.15) is 13.2 Å². The molecule has 1 heterocycles. The average molecular weight is 320 g/mol. The van der Waals surface area contributed by atoms with Crippen LogP contribution in [0.3, 0.4) is 0 Å². The highest BCUT2D eigenvalue weighted by Gasteiger charge is 2.37. The van der Waals surface area contributed by atoms with Crippen LogP contribution < -0.4 is 10.1 Å². The Hall–Kier alpha value is -1.34. The molecule has 1 aromatic rings. The van der Waals surface area contributed by atoms with Crippen molar-refractivity contribution in [2.45, 2.75) is 18.6 Å². The van der Waals surface area contributed by atoms with Crippen molar-refractivity contribution in [3.05, 3.63) is 29.3 Å². The lowest BCUT2D eigenvalue weighted by atomic mass is 9.95. The van der Waals surface area contributed by atoms with Gasteiger partial charge in [-0.15, -0.1) is 0 Å². The molecule has 0 amide bonds. The molecule has 2 rings (SSSR count). The first-order valence-corrected chi connectivity index (χ1v) is 7.23. The van der Waals surface area contributed by atoms with Crippen LogP contribution in [0.1, 0.15) is 23.6 Å². The lowest BCUT2D eigenvalue weighted by Crippen LogP contribution is -2.45. The predicted molar refractivity (Wildman–Crippen MR) is 75.8 cm³/mol. The van der Waals surface area contributed by atoms with Gasteiger partial charge in [-0.25, -0.2) is 0 Å². The molecule has 7 heteroatoms. The Bertz CT molecular complexity index is 487. The van der Waals surface area contributed by atoms with Gasteiger partial charge in [-0.05, 0) is 24.1 Å². The van der Waals surface area contributed by atoms with E-state index in [2.05, 4.69) is 5.32 Å². The summed E-state index contributed by atoms with van der Waals surface area (Å²) in [5.41, 5.74) is -0.628. The molecule has 22 heavy (non-hydrogen) atoms. The Labute approximate surface area is 127 Å². The predicted octanol–water partition coefficient (Wildman–Crippen LogP) is 3.02. The quantitative estimate of drug-likeness (QED) is 0.844. The fraction of sp³-hybridized carbons (Fsp3) is 0.600. The average Bonchev–Trinajstić information content (AvgIpc) is 2.52. The summed E-state index contributed by atoms with van der Waals surface area (Å²) in [5.74, 6) is 0.149. The van der Waals surface area contributed by atoms with E-state index in [0.29, 0.717) is 26.2 Å². The summed E-state index contributed by atoms with van der Waals surface area (Å²) in [6.07, 6.45) is -4.44. The minimum Gasteiger partial charge on any atom is -0.497 e. The van der Waals surface area contributed by atoms with E-state index in [4.69, 9.17) is 4.74 Å². The molecular formula is C15H20F4N2O. The van der Waals surface area contributed by atoms with Crippen molar-refractivity contribution in [3.8, 4) is 5.75 Å². The van der Waals surface area contributed by atoms with Crippen LogP contribution in [0.15, 0.2) is 18.2 Å². The van der Waals surface area contributed by atoms with Gasteiger partial charge in [-0.3, -0.25) is 9.29 Å². The summed E-state index contributed by atoms with van der Waals surface area (Å²) in [5, 5.41) is 3.15. The number of ether oxygens (including phenoxy) is 1. The fourth-order valence-corrected chi connectivity index (χ4v) is 2.83. The zero-order chi connectivity index (χ0) is 16.2. The molecule has 1 aromatic carbocycles. The molecule has 1 aliphatic rings. The zero-order valence-corrected chi connectivity index (χ0v) is 12.4. The van der Waals surface area contributed by atoms with Gasteiger partial charge in [0.1, 0.15) is 5.75 Å². The van der Waals surface area contributed by atoms with Crippen LogP contribution >= 0.6 is 0 Å². The first-order valence-electron chi connectivity index (χ1n) is 7.23. The Morgan fingerprint density at radius 2 is 1.95 bits per heavy atom. The number of hydrogen-bond donors (Lipinski definition) is 1. The Morgan fingerprint density at radius 3 is 2.50 bits per heavy atom. The Kier molecular flexibility index (Phi) is 5.63. The van der Waals surface area contributed by atoms with E-state index in [1.165, 1.54) is 19.2 Å². The maximum Gasteiger partial charge on any atom is 0.416 e. The smallest absolute Gasteiger partial charge is 0.416 e. The summed E-state index contributed by atoms with van der Waals surface area (Å²) in [6.45, 7) is 1.94. The van der Waals surface area contributed by atoms with Crippen LogP contribution in [-0.4, -0.2) is 44.9 Å². The molecule has 1 aliphatic heterocycles. The number of nitrogens with zero attached hydrogens (tertiary/aromatic N) is 1. The summed E-state index contributed by atoms with van der Waals surface area (Å²) in [7, 11) is 1.32. The number of methoxy groups -OCH3 is 1. The molecule has 0 saturated carbocycles. The molecular weight excluding hydrogens is 300 g/mol. The maximum absolute atomic E-state index is 13.4. The van der Waals surface area contributed by atoms with E-state index in [0.717, 1.165) is 6.07 Å². The topological polar surface area (TPSA) is 24.5 Å². The van der Waals surface area contributed by atoms with E-state index < -0.39 is 24.5 Å². The highest BCUT2D eigenvalue weighted by Crippen LogP contribution is 2.39. The van der Waals surface area contributed by atoms with Crippen molar-refractivity contribution in [1.29, 1.82) is 0 Å². The molecule has 0 aliphatic carbocycles. The van der Waals surface area contributed by atoms with E-state index in [-0.39, 0.29) is 17.7 Å². The highest BCUT2D eigenvalue weighted by molar-refractivity contribution is 5.39. The molecule has 0 radical (unpaired) electrons. The van der Waals surface area contributed by atoms with E-state index in [1.54, 1.807) is 0 Å². The zero-order valence-electron chi connectivity index (χ0n) is 12.4. The minimum atomic E-state index is -4.49. The number of nitrogens with one attached hydrogen (secondary N) is 1. The van der Waals surface area contributed by atoms with E-state index >= 15 is 0 Å². The van der Waals surface area contributed by atoms with Gasteiger partial charge in [0, 0.05) is 32.2 Å². The fourth-order valence-electron chi connectivity index (χ4n) is 2.83. The molecule has 1 atom stereocenters. The normalized spacial score (nSPS) is 18.2. The molecule has 1 fully saturated rings. The molecule has 124 valence electrons. The Balaban J connectivity index is 2.41. The first-order chi connectivity index (χ1) is 10.5. The van der Waals surface area contributed by atoms with Gasteiger partial charge in [0.2, 0.25) is 0 Å². The van der Waals surface area contributed by atoms with Crippen LogP contribution in [0, 0.1) is 0 Å². The summed E-state index contributed by atoms with van der Waals surface area (Å²) in [4.78, 5) is 1.91. The van der Waals surface area contributed by atoms with Gasteiger partial charge in [0.25, 0.3) is 0 Å². The van der Waals surface area contributed by atoms with Crippen LogP contribution in [0.4, 0.5) is 17.6 Å². The van der Waals surface area contributed by atoms with Gasteiger partial charge >= 0.3 is 6.18 Å². The first kappa shape index (κ1) is 17.0. The van der Waals surface area contributed by atoms with Crippen LogP contribution in [0.25, 0.3) is 0 Å². The summed E-state index contributed by atoms with van der Waals surface area (Å²) < 4.78 is 57.9. The van der Waals surface area contributed by atoms with Crippen LogP contribution in [0.5, 0.6) is 5.75 Å². The van der Waals surface area contributed by atoms with Crippen molar-refractivity contribution in [1.82, 2.24) is 10.2 Å². The molecule has 0 aromatic heterocycles. The molecule has 3 nitrogen and oxygen atoms in total. The monoisotopic (exact) mass is 320 g/mol. The largest absolute Gasteiger partial charge is 0.497 e. The van der Waals surface area contributed by atoms with Crippen molar-refractivity contribution >= 4 is 0 Å². The number of benzene rings is 1. The van der Waals surface area contributed by atoms with Crippen molar-refractivity contribution < 1.29 is 22.3 Å².